The van der Waals surface area contributed by atoms with Crippen LogP contribution in [0.4, 0.5) is 5.69 Å². The summed E-state index contributed by atoms with van der Waals surface area (Å²) in [6.07, 6.45) is 2.77. The molecule has 6 nitrogen and oxygen atoms in total. The van der Waals surface area contributed by atoms with Crippen molar-refractivity contribution in [2.45, 2.75) is 24.2 Å². The van der Waals surface area contributed by atoms with Gasteiger partial charge in [-0.2, -0.15) is 4.31 Å². The number of amides is 1. The molecule has 3 rings (SSSR count). The summed E-state index contributed by atoms with van der Waals surface area (Å²) >= 11 is 0. The fourth-order valence-electron chi connectivity index (χ4n) is 2.85. The summed E-state index contributed by atoms with van der Waals surface area (Å²) < 4.78 is 26.9. The van der Waals surface area contributed by atoms with E-state index in [0.29, 0.717) is 18.8 Å². The highest BCUT2D eigenvalue weighted by atomic mass is 32.2. The Hall–Kier alpha value is -2.38. The second-order valence-electron chi connectivity index (χ2n) is 5.96. The molecule has 2 aromatic rings. The molecule has 0 aliphatic carbocycles. The smallest absolute Gasteiger partial charge is 0.259 e. The number of rotatable bonds is 4. The first-order valence-corrected chi connectivity index (χ1v) is 9.62. The van der Waals surface area contributed by atoms with Gasteiger partial charge in [0, 0.05) is 18.8 Å². The lowest BCUT2D eigenvalue weighted by Crippen LogP contribution is -2.35. The molecule has 1 fully saturated rings. The van der Waals surface area contributed by atoms with Crippen LogP contribution in [-0.4, -0.2) is 36.8 Å². The van der Waals surface area contributed by atoms with Crippen LogP contribution in [0.25, 0.3) is 0 Å². The van der Waals surface area contributed by atoms with Crippen molar-refractivity contribution in [3.8, 4) is 5.75 Å². The second kappa shape index (κ2) is 7.25. The summed E-state index contributed by atoms with van der Waals surface area (Å²) in [4.78, 5) is 12.4. The minimum Gasteiger partial charge on any atom is -0.507 e. The van der Waals surface area contributed by atoms with Crippen molar-refractivity contribution in [1.82, 2.24) is 4.31 Å². The van der Waals surface area contributed by atoms with Gasteiger partial charge in [-0.05, 0) is 43.2 Å². The van der Waals surface area contributed by atoms with Crippen molar-refractivity contribution >= 4 is 21.6 Å². The zero-order valence-electron chi connectivity index (χ0n) is 13.7. The van der Waals surface area contributed by atoms with E-state index in [1.54, 1.807) is 24.3 Å². The number of para-hydroxylation sites is 1. The lowest BCUT2D eigenvalue weighted by atomic mass is 10.2. The molecule has 2 N–H and O–H groups in total. The van der Waals surface area contributed by atoms with Gasteiger partial charge in [0.05, 0.1) is 10.5 Å². The number of piperidine rings is 1. The number of phenolic OH excluding ortho intramolecular Hbond substituents is 1. The number of nitrogens with one attached hydrogen (secondary N) is 1. The van der Waals surface area contributed by atoms with Gasteiger partial charge in [0.2, 0.25) is 10.0 Å². The van der Waals surface area contributed by atoms with Crippen LogP contribution in [0, 0.1) is 0 Å². The zero-order chi connectivity index (χ0) is 17.9. The molecule has 1 heterocycles. The highest BCUT2D eigenvalue weighted by Gasteiger charge is 2.26. The van der Waals surface area contributed by atoms with E-state index >= 15 is 0 Å². The number of sulfonamides is 1. The highest BCUT2D eigenvalue weighted by Crippen LogP contribution is 2.24. The van der Waals surface area contributed by atoms with E-state index in [0.717, 1.165) is 19.3 Å². The number of benzene rings is 2. The molecular formula is C18H20N2O4S. The molecule has 1 saturated heterocycles. The maximum absolute atomic E-state index is 12.7. The van der Waals surface area contributed by atoms with Crippen LogP contribution in [0.5, 0.6) is 5.75 Å². The van der Waals surface area contributed by atoms with Crippen molar-refractivity contribution in [3.05, 3.63) is 54.1 Å². The summed E-state index contributed by atoms with van der Waals surface area (Å²) in [5.41, 5.74) is 0.498. The number of hydrogen-bond acceptors (Lipinski definition) is 4. The number of aromatic hydroxyl groups is 1. The van der Waals surface area contributed by atoms with E-state index in [9.17, 15) is 18.3 Å². The average Bonchev–Trinajstić information content (AvgIpc) is 2.63. The fraction of sp³-hybridized carbons (Fsp3) is 0.278. The number of hydrogen-bond donors (Lipinski definition) is 2. The van der Waals surface area contributed by atoms with Crippen molar-refractivity contribution in [1.29, 1.82) is 0 Å². The summed E-state index contributed by atoms with van der Waals surface area (Å²) in [5, 5.41) is 12.4. The molecule has 0 unspecified atom stereocenters. The largest absolute Gasteiger partial charge is 0.507 e. The van der Waals surface area contributed by atoms with Crippen LogP contribution >= 0.6 is 0 Å². The van der Waals surface area contributed by atoms with E-state index < -0.39 is 15.9 Å². The van der Waals surface area contributed by atoms with Crippen molar-refractivity contribution in [2.24, 2.45) is 0 Å². The zero-order valence-corrected chi connectivity index (χ0v) is 14.5. The Balaban J connectivity index is 1.82. The van der Waals surface area contributed by atoms with Crippen LogP contribution in [0.15, 0.2) is 53.4 Å². The molecule has 0 aromatic heterocycles. The number of carbonyl (C=O) groups is 1. The van der Waals surface area contributed by atoms with E-state index in [4.69, 9.17) is 0 Å². The fourth-order valence-corrected chi connectivity index (χ4v) is 4.42. The minimum atomic E-state index is -3.56. The van der Waals surface area contributed by atoms with Gasteiger partial charge in [0.15, 0.2) is 0 Å². The van der Waals surface area contributed by atoms with Gasteiger partial charge in [-0.25, -0.2) is 8.42 Å². The third-order valence-corrected chi connectivity index (χ3v) is 6.09. The molecular weight excluding hydrogens is 340 g/mol. The monoisotopic (exact) mass is 360 g/mol. The van der Waals surface area contributed by atoms with Crippen LogP contribution < -0.4 is 5.32 Å². The quantitative estimate of drug-likeness (QED) is 0.878. The molecule has 0 spiro atoms. The van der Waals surface area contributed by atoms with Gasteiger partial charge in [-0.1, -0.05) is 24.6 Å². The second-order valence-corrected chi connectivity index (χ2v) is 7.90. The molecule has 1 aliphatic rings. The Labute approximate surface area is 147 Å². The Morgan fingerprint density at radius 2 is 1.72 bits per heavy atom. The van der Waals surface area contributed by atoms with Crippen LogP contribution in [0.2, 0.25) is 0 Å². The van der Waals surface area contributed by atoms with E-state index in [2.05, 4.69) is 5.32 Å². The van der Waals surface area contributed by atoms with Gasteiger partial charge in [0.1, 0.15) is 5.75 Å². The average molecular weight is 360 g/mol. The number of anilines is 1. The van der Waals surface area contributed by atoms with E-state index in [1.807, 2.05) is 0 Å². The summed E-state index contributed by atoms with van der Waals surface area (Å²) in [7, 11) is -3.56. The highest BCUT2D eigenvalue weighted by molar-refractivity contribution is 7.89. The van der Waals surface area contributed by atoms with Crippen LogP contribution in [0.3, 0.4) is 0 Å². The molecule has 1 amide bonds. The summed E-state index contributed by atoms with van der Waals surface area (Å²) in [6.45, 7) is 1.05. The molecule has 0 bridgehead atoms. The Morgan fingerprint density at radius 1 is 1.00 bits per heavy atom. The Bertz CT molecular complexity index is 874. The third kappa shape index (κ3) is 3.83. The molecule has 2 aromatic carbocycles. The van der Waals surface area contributed by atoms with Gasteiger partial charge >= 0.3 is 0 Å². The predicted molar refractivity (Wildman–Crippen MR) is 95.1 cm³/mol. The van der Waals surface area contributed by atoms with Crippen molar-refractivity contribution in [3.63, 3.8) is 0 Å². The minimum absolute atomic E-state index is 0.128. The number of phenols is 1. The van der Waals surface area contributed by atoms with Crippen molar-refractivity contribution < 1.29 is 18.3 Å². The molecule has 0 saturated carbocycles. The first-order chi connectivity index (χ1) is 12.0. The summed E-state index contributed by atoms with van der Waals surface area (Å²) in [5.74, 6) is -0.622. The van der Waals surface area contributed by atoms with Gasteiger partial charge < -0.3 is 10.4 Å². The summed E-state index contributed by atoms with van der Waals surface area (Å²) in [6, 6.07) is 12.4. The number of nitrogens with zero attached hydrogens (tertiary/aromatic N) is 1. The van der Waals surface area contributed by atoms with Gasteiger partial charge in [-0.15, -0.1) is 0 Å². The maximum atomic E-state index is 12.7. The standard InChI is InChI=1S/C18H20N2O4S/c21-17-10-3-2-9-16(17)18(22)19-14-7-6-8-15(13-14)25(23,24)20-11-4-1-5-12-20/h2-3,6-10,13,21H,1,4-5,11-12H2,(H,19,22). The van der Waals surface area contributed by atoms with Crippen LogP contribution in [-0.2, 0) is 10.0 Å². The predicted octanol–water partition coefficient (Wildman–Crippen LogP) is 2.82. The number of carbonyl (C=O) groups excluding carboxylic acids is 1. The van der Waals surface area contributed by atoms with E-state index in [-0.39, 0.29) is 16.2 Å². The van der Waals surface area contributed by atoms with Crippen molar-refractivity contribution in [2.75, 3.05) is 18.4 Å². The molecule has 25 heavy (non-hydrogen) atoms. The molecule has 0 atom stereocenters. The molecule has 132 valence electrons. The Kier molecular flexibility index (Phi) is 5.06. The normalized spacial score (nSPS) is 15.7. The first kappa shape index (κ1) is 17.4. The lowest BCUT2D eigenvalue weighted by Gasteiger charge is -2.26. The van der Waals surface area contributed by atoms with Gasteiger partial charge in [-0.3, -0.25) is 4.79 Å². The van der Waals surface area contributed by atoms with Gasteiger partial charge in [0.25, 0.3) is 5.91 Å². The molecule has 7 heteroatoms. The first-order valence-electron chi connectivity index (χ1n) is 8.18. The maximum Gasteiger partial charge on any atom is 0.259 e. The SMILES string of the molecule is O=C(Nc1cccc(S(=O)(=O)N2CCCCC2)c1)c1ccccc1O. The molecule has 0 radical (unpaired) electrons. The van der Waals surface area contributed by atoms with Crippen LogP contribution in [0.1, 0.15) is 29.6 Å². The van der Waals surface area contributed by atoms with E-state index in [1.165, 1.54) is 28.6 Å². The third-order valence-electron chi connectivity index (χ3n) is 4.19. The molecule has 1 aliphatic heterocycles. The topological polar surface area (TPSA) is 86.7 Å². The lowest BCUT2D eigenvalue weighted by molar-refractivity contribution is 0.102. The Morgan fingerprint density at radius 3 is 2.44 bits per heavy atom.